The van der Waals surface area contributed by atoms with Gasteiger partial charge in [0.2, 0.25) is 0 Å². The molecule has 1 amide bonds. The number of aliphatic carboxylic acids is 1. The third-order valence-electron chi connectivity index (χ3n) is 7.55. The molecule has 0 aliphatic heterocycles. The number of amides is 1. The summed E-state index contributed by atoms with van der Waals surface area (Å²) in [6, 6.07) is 9.45. The Bertz CT molecular complexity index is 1520. The molecule has 3 N–H and O–H groups in total. The number of nitrogens with one attached hydrogen (secondary N) is 2. The molecule has 0 aliphatic carbocycles. The van der Waals surface area contributed by atoms with Gasteiger partial charge in [0.15, 0.2) is 17.4 Å². The van der Waals surface area contributed by atoms with E-state index >= 15 is 4.39 Å². The summed E-state index contributed by atoms with van der Waals surface area (Å²) in [4.78, 5) is 44.9. The van der Waals surface area contributed by atoms with Crippen molar-refractivity contribution in [2.24, 2.45) is 5.92 Å². The minimum absolute atomic E-state index is 0.0395. The lowest BCUT2D eigenvalue weighted by molar-refractivity contribution is -0.137. The smallest absolute Gasteiger partial charge is 0.305 e. The Balaban J connectivity index is 1.86. The third kappa shape index (κ3) is 9.99. The topological polar surface area (TPSA) is 112 Å². The van der Waals surface area contributed by atoms with Crippen molar-refractivity contribution in [1.82, 2.24) is 20.5 Å². The zero-order valence-electron chi connectivity index (χ0n) is 27.1. The zero-order valence-corrected chi connectivity index (χ0v) is 27.1. The lowest BCUT2D eigenvalue weighted by Crippen LogP contribution is -2.46. The maximum Gasteiger partial charge on any atom is 0.305 e. The second-order valence-corrected chi connectivity index (χ2v) is 12.4. The summed E-state index contributed by atoms with van der Waals surface area (Å²) in [5, 5.41) is 15.3. The van der Waals surface area contributed by atoms with Gasteiger partial charge in [0.25, 0.3) is 5.91 Å². The quantitative estimate of drug-likeness (QED) is 0.203. The number of rotatable bonds is 15. The standard InChI is InChI=1S/C35H44F2N4O4/c1-20(2)13-30(40-35(45)28-10-8-9-25(39-28)11-12-41(6)7)31(42)19-38-29(18-32(43)44)26-16-24(17-27(36)34(26)37)33-22(4)14-21(3)15-23(33)5/h8-10,14-17,20,29-30,38H,11-13,18-19H2,1-7H3,(H,40,45)(H,43,44)/t29-,30-/m0/s1. The van der Waals surface area contributed by atoms with E-state index in [4.69, 9.17) is 0 Å². The number of ketones is 1. The number of pyridine rings is 1. The first-order valence-electron chi connectivity index (χ1n) is 15.1. The van der Waals surface area contributed by atoms with Crippen molar-refractivity contribution in [2.45, 2.75) is 66.0 Å². The first-order chi connectivity index (χ1) is 21.2. The SMILES string of the molecule is Cc1cc(C)c(-c2cc(F)c(F)c([C@H](CC(=O)O)NCC(=O)[C@H](CC(C)C)NC(=O)c3cccc(CCN(C)C)n3)c2)c(C)c1. The van der Waals surface area contributed by atoms with Gasteiger partial charge in [0.05, 0.1) is 19.0 Å². The van der Waals surface area contributed by atoms with Gasteiger partial charge in [-0.05, 0) is 93.7 Å². The van der Waals surface area contributed by atoms with Crippen molar-refractivity contribution in [3.05, 3.63) is 87.7 Å². The highest BCUT2D eigenvalue weighted by Gasteiger charge is 2.27. The molecule has 8 nitrogen and oxygen atoms in total. The summed E-state index contributed by atoms with van der Waals surface area (Å²) < 4.78 is 30.2. The fourth-order valence-corrected chi connectivity index (χ4v) is 5.52. The van der Waals surface area contributed by atoms with Gasteiger partial charge in [0, 0.05) is 30.3 Å². The van der Waals surface area contributed by atoms with Gasteiger partial charge in [-0.2, -0.15) is 0 Å². The molecule has 2 aromatic carbocycles. The van der Waals surface area contributed by atoms with E-state index in [0.717, 1.165) is 40.6 Å². The van der Waals surface area contributed by atoms with Crippen molar-refractivity contribution in [1.29, 1.82) is 0 Å². The molecule has 0 saturated heterocycles. The minimum Gasteiger partial charge on any atom is -0.481 e. The highest BCUT2D eigenvalue weighted by atomic mass is 19.2. The molecule has 1 aromatic heterocycles. The summed E-state index contributed by atoms with van der Waals surface area (Å²) >= 11 is 0. The predicted octanol–water partition coefficient (Wildman–Crippen LogP) is 5.58. The zero-order chi connectivity index (χ0) is 33.4. The monoisotopic (exact) mass is 622 g/mol. The summed E-state index contributed by atoms with van der Waals surface area (Å²) in [6.45, 7) is 9.89. The molecule has 0 radical (unpaired) electrons. The maximum absolute atomic E-state index is 15.3. The number of hydrogen-bond acceptors (Lipinski definition) is 6. The molecule has 0 saturated carbocycles. The molecular formula is C35H44F2N4O4. The van der Waals surface area contributed by atoms with Crippen molar-refractivity contribution in [2.75, 3.05) is 27.2 Å². The lowest BCUT2D eigenvalue weighted by atomic mass is 9.91. The largest absolute Gasteiger partial charge is 0.481 e. The van der Waals surface area contributed by atoms with Crippen LogP contribution in [0.25, 0.3) is 11.1 Å². The Morgan fingerprint density at radius 1 is 1.00 bits per heavy atom. The van der Waals surface area contributed by atoms with Crippen molar-refractivity contribution < 1.29 is 28.3 Å². The van der Waals surface area contributed by atoms with Crippen LogP contribution in [0.4, 0.5) is 8.78 Å². The second-order valence-electron chi connectivity index (χ2n) is 12.4. The summed E-state index contributed by atoms with van der Waals surface area (Å²) in [5.74, 6) is -4.43. The third-order valence-corrected chi connectivity index (χ3v) is 7.55. The fraction of sp³-hybridized carbons (Fsp3) is 0.429. The Morgan fingerprint density at radius 3 is 2.27 bits per heavy atom. The van der Waals surface area contributed by atoms with Gasteiger partial charge < -0.3 is 20.6 Å². The van der Waals surface area contributed by atoms with E-state index in [1.165, 1.54) is 6.07 Å². The molecule has 0 unspecified atom stereocenters. The van der Waals surface area contributed by atoms with Crippen LogP contribution in [-0.4, -0.2) is 65.9 Å². The number of carboxylic acids is 1. The van der Waals surface area contributed by atoms with Crippen LogP contribution in [0.1, 0.15) is 71.2 Å². The number of aromatic nitrogens is 1. The molecule has 0 spiro atoms. The van der Waals surface area contributed by atoms with Gasteiger partial charge in [-0.25, -0.2) is 13.8 Å². The molecule has 0 aliphatic rings. The molecule has 242 valence electrons. The van der Waals surface area contributed by atoms with Crippen LogP contribution >= 0.6 is 0 Å². The number of Topliss-reactive ketones (excluding diaryl/α,β-unsaturated/α-hetero) is 1. The second kappa shape index (κ2) is 15.8. The Labute approximate surface area is 264 Å². The van der Waals surface area contributed by atoms with Crippen LogP contribution in [-0.2, 0) is 16.0 Å². The lowest BCUT2D eigenvalue weighted by Gasteiger charge is -2.23. The predicted molar refractivity (Wildman–Crippen MR) is 171 cm³/mol. The van der Waals surface area contributed by atoms with E-state index in [2.05, 4.69) is 15.6 Å². The average Bonchev–Trinajstić information content (AvgIpc) is 2.94. The number of likely N-dealkylation sites (N-methyl/N-ethyl adjacent to an activating group) is 1. The normalized spacial score (nSPS) is 12.8. The van der Waals surface area contributed by atoms with Gasteiger partial charge in [-0.3, -0.25) is 14.4 Å². The van der Waals surface area contributed by atoms with E-state index in [-0.39, 0.29) is 23.7 Å². The number of benzene rings is 2. The van der Waals surface area contributed by atoms with Gasteiger partial charge in [-0.1, -0.05) is 37.6 Å². The minimum atomic E-state index is -1.25. The molecule has 3 rings (SSSR count). The molecule has 1 heterocycles. The van der Waals surface area contributed by atoms with Crippen LogP contribution < -0.4 is 10.6 Å². The van der Waals surface area contributed by atoms with E-state index in [1.54, 1.807) is 12.1 Å². The molecule has 10 heteroatoms. The molecular weight excluding hydrogens is 578 g/mol. The van der Waals surface area contributed by atoms with Crippen molar-refractivity contribution >= 4 is 17.7 Å². The van der Waals surface area contributed by atoms with E-state index in [9.17, 15) is 23.9 Å². The van der Waals surface area contributed by atoms with Gasteiger partial charge in [0.1, 0.15) is 5.69 Å². The molecule has 0 fully saturated rings. The number of carbonyl (C=O) groups excluding carboxylic acids is 2. The first kappa shape index (κ1) is 35.5. The number of aryl methyl sites for hydroxylation is 3. The molecule has 2 atom stereocenters. The van der Waals surface area contributed by atoms with Crippen LogP contribution in [0, 0.1) is 38.3 Å². The number of nitrogens with zero attached hydrogens (tertiary/aromatic N) is 2. The fourth-order valence-electron chi connectivity index (χ4n) is 5.52. The van der Waals surface area contributed by atoms with Gasteiger partial charge >= 0.3 is 5.97 Å². The van der Waals surface area contributed by atoms with E-state index in [1.807, 2.05) is 71.8 Å². The summed E-state index contributed by atoms with van der Waals surface area (Å²) in [6.07, 6.45) is 0.378. The van der Waals surface area contributed by atoms with Gasteiger partial charge in [-0.15, -0.1) is 0 Å². The number of hydrogen-bond donors (Lipinski definition) is 3. The van der Waals surface area contributed by atoms with Crippen LogP contribution in [0.15, 0.2) is 42.5 Å². The number of halogens is 2. The first-order valence-corrected chi connectivity index (χ1v) is 15.1. The molecule has 3 aromatic rings. The molecule has 45 heavy (non-hydrogen) atoms. The summed E-state index contributed by atoms with van der Waals surface area (Å²) in [7, 11) is 3.89. The highest BCUT2D eigenvalue weighted by molar-refractivity contribution is 5.97. The molecule has 0 bridgehead atoms. The van der Waals surface area contributed by atoms with E-state index in [0.29, 0.717) is 18.4 Å². The van der Waals surface area contributed by atoms with Crippen LogP contribution in [0.5, 0.6) is 0 Å². The van der Waals surface area contributed by atoms with Crippen LogP contribution in [0.3, 0.4) is 0 Å². The Hall–Kier alpha value is -4.02. The number of carbonyl (C=O) groups is 3. The highest BCUT2D eigenvalue weighted by Crippen LogP contribution is 2.33. The summed E-state index contributed by atoms with van der Waals surface area (Å²) in [5.41, 5.74) is 4.63. The van der Waals surface area contributed by atoms with Crippen molar-refractivity contribution in [3.8, 4) is 11.1 Å². The van der Waals surface area contributed by atoms with Crippen LogP contribution in [0.2, 0.25) is 0 Å². The van der Waals surface area contributed by atoms with Crippen molar-refractivity contribution in [3.63, 3.8) is 0 Å². The number of carboxylic acid groups (broad SMARTS) is 1. The van der Waals surface area contributed by atoms with E-state index < -0.39 is 47.8 Å². The maximum atomic E-state index is 15.3. The average molecular weight is 623 g/mol. The Kier molecular flexibility index (Phi) is 12.5. The Morgan fingerprint density at radius 2 is 1.67 bits per heavy atom.